The molecule has 96 valence electrons. The number of hydrogen-bond donors (Lipinski definition) is 1. The maximum atomic E-state index is 12.2. The molecule has 1 aliphatic heterocycles. The van der Waals surface area contributed by atoms with Crippen molar-refractivity contribution in [2.45, 2.75) is 25.1 Å². The second kappa shape index (κ2) is 5.44. The van der Waals surface area contributed by atoms with E-state index in [1.54, 1.807) is 18.3 Å². The molecule has 0 radical (unpaired) electrons. The van der Waals surface area contributed by atoms with E-state index in [1.165, 1.54) is 0 Å². The van der Waals surface area contributed by atoms with Crippen molar-refractivity contribution in [2.75, 3.05) is 40.3 Å². The Morgan fingerprint density at radius 1 is 1.44 bits per heavy atom. The van der Waals surface area contributed by atoms with Crippen molar-refractivity contribution in [3.8, 4) is 0 Å². The number of sulfonamides is 1. The van der Waals surface area contributed by atoms with Gasteiger partial charge in [-0.05, 0) is 27.9 Å². The Balaban J connectivity index is 2.70. The van der Waals surface area contributed by atoms with Crippen LogP contribution in [0.25, 0.3) is 0 Å². The van der Waals surface area contributed by atoms with Crippen molar-refractivity contribution < 1.29 is 8.42 Å². The fraction of sp³-hybridized carbons (Fsp3) is 1.00. The lowest BCUT2D eigenvalue weighted by Crippen LogP contribution is -2.54. The first-order valence-corrected chi connectivity index (χ1v) is 7.23. The molecule has 0 aromatic rings. The Bertz CT molecular complexity index is 318. The second-order valence-corrected chi connectivity index (χ2v) is 6.95. The lowest BCUT2D eigenvalue weighted by Gasteiger charge is -2.38. The van der Waals surface area contributed by atoms with Gasteiger partial charge in [0.25, 0.3) is 0 Å². The minimum absolute atomic E-state index is 0.297. The molecule has 5 nitrogen and oxygen atoms in total. The van der Waals surface area contributed by atoms with Crippen LogP contribution in [0.2, 0.25) is 0 Å². The summed E-state index contributed by atoms with van der Waals surface area (Å²) in [4.78, 5) is 2.19. The van der Waals surface area contributed by atoms with Gasteiger partial charge in [-0.15, -0.1) is 0 Å². The number of likely N-dealkylation sites (N-methyl/N-ethyl adjacent to an activating group) is 1. The lowest BCUT2D eigenvalue weighted by atomic mass is 10.2. The van der Waals surface area contributed by atoms with E-state index in [1.807, 2.05) is 7.05 Å². The molecule has 0 aliphatic carbocycles. The first-order chi connectivity index (χ1) is 7.39. The van der Waals surface area contributed by atoms with E-state index in [0.29, 0.717) is 25.7 Å². The van der Waals surface area contributed by atoms with Gasteiger partial charge in [-0.1, -0.05) is 0 Å². The van der Waals surface area contributed by atoms with Gasteiger partial charge in [-0.25, -0.2) is 8.42 Å². The summed E-state index contributed by atoms with van der Waals surface area (Å²) in [6.07, 6.45) is 0. The number of hydrogen-bond acceptors (Lipinski definition) is 4. The Morgan fingerprint density at radius 2 is 2.06 bits per heavy atom. The molecule has 16 heavy (non-hydrogen) atoms. The van der Waals surface area contributed by atoms with Crippen molar-refractivity contribution in [1.82, 2.24) is 14.5 Å². The molecule has 0 bridgehead atoms. The van der Waals surface area contributed by atoms with Gasteiger partial charge in [0.15, 0.2) is 0 Å². The van der Waals surface area contributed by atoms with Crippen LogP contribution in [-0.4, -0.2) is 69.2 Å². The highest BCUT2D eigenvalue weighted by Crippen LogP contribution is 2.14. The number of nitrogens with zero attached hydrogens (tertiary/aromatic N) is 2. The van der Waals surface area contributed by atoms with Crippen molar-refractivity contribution in [2.24, 2.45) is 0 Å². The lowest BCUT2D eigenvalue weighted by molar-refractivity contribution is 0.159. The predicted molar refractivity (Wildman–Crippen MR) is 66.0 cm³/mol. The van der Waals surface area contributed by atoms with Crippen molar-refractivity contribution in [3.05, 3.63) is 0 Å². The van der Waals surface area contributed by atoms with Crippen LogP contribution in [0.1, 0.15) is 13.8 Å². The van der Waals surface area contributed by atoms with Gasteiger partial charge in [-0.3, -0.25) is 0 Å². The molecule has 6 heteroatoms. The Kier molecular flexibility index (Phi) is 4.73. The van der Waals surface area contributed by atoms with Crippen LogP contribution in [0, 0.1) is 0 Å². The summed E-state index contributed by atoms with van der Waals surface area (Å²) in [5.74, 6) is 0. The Morgan fingerprint density at radius 3 is 2.56 bits per heavy atom. The first-order valence-electron chi connectivity index (χ1n) is 5.73. The average molecular weight is 249 g/mol. The molecule has 1 N–H and O–H groups in total. The zero-order chi connectivity index (χ0) is 12.3. The molecular formula is C10H23N3O2S. The first kappa shape index (κ1) is 13.9. The molecule has 0 aromatic carbocycles. The van der Waals surface area contributed by atoms with Gasteiger partial charge in [0.1, 0.15) is 0 Å². The van der Waals surface area contributed by atoms with E-state index >= 15 is 0 Å². The quantitative estimate of drug-likeness (QED) is 0.734. The van der Waals surface area contributed by atoms with Crippen LogP contribution in [0.3, 0.4) is 0 Å². The second-order valence-electron chi connectivity index (χ2n) is 4.60. The SMILES string of the molecule is CNCC(C)S(=O)(=O)N1CCN(C)C(C)C1. The van der Waals surface area contributed by atoms with Gasteiger partial charge in [-0.2, -0.15) is 4.31 Å². The van der Waals surface area contributed by atoms with Gasteiger partial charge < -0.3 is 10.2 Å². The zero-order valence-electron chi connectivity index (χ0n) is 10.6. The normalized spacial score (nSPS) is 26.9. The molecular weight excluding hydrogens is 226 g/mol. The highest BCUT2D eigenvalue weighted by molar-refractivity contribution is 7.89. The maximum absolute atomic E-state index is 12.2. The standard InChI is InChI=1S/C10H23N3O2S/c1-9-8-13(6-5-12(9)4)16(14,15)10(2)7-11-3/h9-11H,5-8H2,1-4H3. The van der Waals surface area contributed by atoms with Crippen LogP contribution in [0.5, 0.6) is 0 Å². The summed E-state index contributed by atoms with van der Waals surface area (Å²) in [6.45, 7) is 6.35. The van der Waals surface area contributed by atoms with E-state index in [-0.39, 0.29) is 5.25 Å². The smallest absolute Gasteiger partial charge is 0.218 e. The fourth-order valence-electron chi connectivity index (χ4n) is 1.89. The monoisotopic (exact) mass is 249 g/mol. The summed E-state index contributed by atoms with van der Waals surface area (Å²) in [5.41, 5.74) is 0. The number of nitrogens with one attached hydrogen (secondary N) is 1. The van der Waals surface area contributed by atoms with Crippen LogP contribution >= 0.6 is 0 Å². The van der Waals surface area contributed by atoms with Crippen molar-refractivity contribution >= 4 is 10.0 Å². The third-order valence-electron chi connectivity index (χ3n) is 3.28. The Hall–Kier alpha value is -0.170. The molecule has 0 aromatic heterocycles. The highest BCUT2D eigenvalue weighted by Gasteiger charge is 2.32. The zero-order valence-corrected chi connectivity index (χ0v) is 11.4. The van der Waals surface area contributed by atoms with Crippen LogP contribution < -0.4 is 5.32 Å². The maximum Gasteiger partial charge on any atom is 0.218 e. The van der Waals surface area contributed by atoms with Gasteiger partial charge in [0.05, 0.1) is 5.25 Å². The summed E-state index contributed by atoms with van der Waals surface area (Å²) in [6, 6.07) is 0.297. The molecule has 1 aliphatic rings. The predicted octanol–water partition coefficient (Wildman–Crippen LogP) is -0.440. The molecule has 1 heterocycles. The van der Waals surface area contributed by atoms with Crippen LogP contribution in [-0.2, 0) is 10.0 Å². The molecule has 1 rings (SSSR count). The molecule has 0 amide bonds. The van der Waals surface area contributed by atoms with E-state index in [0.717, 1.165) is 6.54 Å². The Labute approximate surface area is 98.8 Å². The third kappa shape index (κ3) is 2.94. The third-order valence-corrected chi connectivity index (χ3v) is 5.52. The minimum atomic E-state index is -3.14. The van der Waals surface area contributed by atoms with Crippen LogP contribution in [0.15, 0.2) is 0 Å². The van der Waals surface area contributed by atoms with Gasteiger partial charge >= 0.3 is 0 Å². The highest BCUT2D eigenvalue weighted by atomic mass is 32.2. The fourth-order valence-corrected chi connectivity index (χ4v) is 3.54. The molecule has 0 saturated carbocycles. The van der Waals surface area contributed by atoms with Crippen molar-refractivity contribution in [1.29, 1.82) is 0 Å². The van der Waals surface area contributed by atoms with E-state index < -0.39 is 10.0 Å². The van der Waals surface area contributed by atoms with Gasteiger partial charge in [0, 0.05) is 32.2 Å². The average Bonchev–Trinajstić information content (AvgIpc) is 2.22. The van der Waals surface area contributed by atoms with E-state index in [2.05, 4.69) is 17.1 Å². The van der Waals surface area contributed by atoms with E-state index in [9.17, 15) is 8.42 Å². The van der Waals surface area contributed by atoms with Gasteiger partial charge in [0.2, 0.25) is 10.0 Å². The molecule has 1 fully saturated rings. The molecule has 0 spiro atoms. The van der Waals surface area contributed by atoms with E-state index in [4.69, 9.17) is 0 Å². The molecule has 1 saturated heterocycles. The molecule has 2 atom stereocenters. The minimum Gasteiger partial charge on any atom is -0.318 e. The summed E-state index contributed by atoms with van der Waals surface area (Å²) in [7, 11) is 0.673. The van der Waals surface area contributed by atoms with Crippen molar-refractivity contribution in [3.63, 3.8) is 0 Å². The number of piperazine rings is 1. The number of rotatable bonds is 4. The summed E-state index contributed by atoms with van der Waals surface area (Å²) in [5, 5.41) is 2.56. The van der Waals surface area contributed by atoms with Crippen LogP contribution in [0.4, 0.5) is 0 Å². The largest absolute Gasteiger partial charge is 0.318 e. The summed E-state index contributed by atoms with van der Waals surface area (Å²) < 4.78 is 26.0. The topological polar surface area (TPSA) is 52.7 Å². The summed E-state index contributed by atoms with van der Waals surface area (Å²) >= 11 is 0. The molecule has 2 unspecified atom stereocenters.